The molecular weight excluding hydrogens is 450 g/mol. The van der Waals surface area contributed by atoms with Crippen molar-refractivity contribution in [3.8, 4) is 17.1 Å². The number of aryl methyl sites for hydroxylation is 4. The summed E-state index contributed by atoms with van der Waals surface area (Å²) in [5.41, 5.74) is 5.51. The number of amides is 1. The largest absolute Gasteiger partial charge is 0.473 e. The molecule has 5 nitrogen and oxygen atoms in total. The lowest BCUT2D eigenvalue weighted by Crippen LogP contribution is -2.32. The van der Waals surface area contributed by atoms with Crippen molar-refractivity contribution in [3.05, 3.63) is 92.1 Å². The van der Waals surface area contributed by atoms with E-state index in [1.54, 1.807) is 19.1 Å². The Morgan fingerprint density at radius 1 is 0.941 bits per heavy atom. The van der Waals surface area contributed by atoms with E-state index >= 15 is 0 Å². The Kier molecular flexibility index (Phi) is 6.49. The highest BCUT2D eigenvalue weighted by Crippen LogP contribution is 2.33. The zero-order chi connectivity index (χ0) is 24.6. The summed E-state index contributed by atoms with van der Waals surface area (Å²) in [6, 6.07) is 16.4. The van der Waals surface area contributed by atoms with Crippen molar-refractivity contribution in [3.63, 3.8) is 0 Å². The SMILES string of the molecule is Cc1ccc(-c2oc3ccc(Cl)cc3c(=O)c2O[C@H](C)C(=O)Nc2c(C)cc(C)cc2C)cc1. The van der Waals surface area contributed by atoms with Gasteiger partial charge < -0.3 is 14.5 Å². The predicted octanol–water partition coefficient (Wildman–Crippen LogP) is 6.75. The van der Waals surface area contributed by atoms with E-state index in [0.29, 0.717) is 16.2 Å². The maximum atomic E-state index is 13.4. The van der Waals surface area contributed by atoms with Crippen LogP contribution >= 0.6 is 11.6 Å². The van der Waals surface area contributed by atoms with E-state index in [1.165, 1.54) is 6.07 Å². The van der Waals surface area contributed by atoms with Crippen LogP contribution in [0.5, 0.6) is 5.75 Å². The van der Waals surface area contributed by atoms with E-state index in [0.717, 1.165) is 27.9 Å². The molecule has 0 bridgehead atoms. The molecule has 1 amide bonds. The summed E-state index contributed by atoms with van der Waals surface area (Å²) in [7, 11) is 0. The summed E-state index contributed by atoms with van der Waals surface area (Å²) in [5.74, 6) is -0.128. The zero-order valence-electron chi connectivity index (χ0n) is 19.8. The van der Waals surface area contributed by atoms with Gasteiger partial charge in [0.1, 0.15) is 5.58 Å². The van der Waals surface area contributed by atoms with Crippen molar-refractivity contribution in [2.24, 2.45) is 0 Å². The van der Waals surface area contributed by atoms with Crippen molar-refractivity contribution in [1.29, 1.82) is 0 Å². The minimum atomic E-state index is -0.955. The molecule has 0 aliphatic rings. The van der Waals surface area contributed by atoms with Gasteiger partial charge in [-0.25, -0.2) is 0 Å². The molecule has 0 aliphatic heterocycles. The number of benzene rings is 3. The molecule has 0 aliphatic carbocycles. The number of hydrogen-bond donors (Lipinski definition) is 1. The minimum Gasteiger partial charge on any atom is -0.473 e. The van der Waals surface area contributed by atoms with Gasteiger partial charge in [-0.1, -0.05) is 59.1 Å². The summed E-state index contributed by atoms with van der Waals surface area (Å²) in [6.45, 7) is 9.47. The van der Waals surface area contributed by atoms with Gasteiger partial charge in [0.05, 0.1) is 5.39 Å². The van der Waals surface area contributed by atoms with E-state index in [2.05, 4.69) is 5.32 Å². The summed E-state index contributed by atoms with van der Waals surface area (Å²) in [6.07, 6.45) is -0.955. The second kappa shape index (κ2) is 9.35. The second-order valence-electron chi connectivity index (χ2n) is 8.62. The van der Waals surface area contributed by atoms with Crippen LogP contribution in [0.2, 0.25) is 5.02 Å². The number of hydrogen-bond acceptors (Lipinski definition) is 4. The number of rotatable bonds is 5. The van der Waals surface area contributed by atoms with Crippen molar-refractivity contribution in [1.82, 2.24) is 0 Å². The van der Waals surface area contributed by atoms with Gasteiger partial charge in [0.15, 0.2) is 11.9 Å². The number of carbonyl (C=O) groups excluding carboxylic acids is 1. The highest BCUT2D eigenvalue weighted by molar-refractivity contribution is 6.31. The molecule has 4 rings (SSSR count). The highest BCUT2D eigenvalue weighted by atomic mass is 35.5. The number of fused-ring (bicyclic) bond motifs is 1. The first-order chi connectivity index (χ1) is 16.1. The molecule has 0 saturated carbocycles. The lowest BCUT2D eigenvalue weighted by atomic mass is 10.0. The Labute approximate surface area is 203 Å². The zero-order valence-corrected chi connectivity index (χ0v) is 20.5. The predicted molar refractivity (Wildman–Crippen MR) is 137 cm³/mol. The molecule has 6 heteroatoms. The molecule has 0 saturated heterocycles. The van der Waals surface area contributed by atoms with Crippen LogP contribution in [0.3, 0.4) is 0 Å². The Bertz CT molecular complexity index is 1430. The molecule has 1 heterocycles. The van der Waals surface area contributed by atoms with E-state index < -0.39 is 6.10 Å². The van der Waals surface area contributed by atoms with Crippen molar-refractivity contribution in [2.45, 2.75) is 40.7 Å². The fourth-order valence-electron chi connectivity index (χ4n) is 3.98. The lowest BCUT2D eigenvalue weighted by Gasteiger charge is -2.19. The Hall–Kier alpha value is -3.57. The molecular formula is C28H26ClNO4. The maximum absolute atomic E-state index is 13.4. The van der Waals surface area contributed by atoms with Crippen molar-refractivity contribution < 1.29 is 13.9 Å². The second-order valence-corrected chi connectivity index (χ2v) is 9.06. The smallest absolute Gasteiger partial charge is 0.265 e. The van der Waals surface area contributed by atoms with Crippen LogP contribution < -0.4 is 15.5 Å². The first kappa shape index (κ1) is 23.6. The molecule has 174 valence electrons. The molecule has 1 N–H and O–H groups in total. The van der Waals surface area contributed by atoms with E-state index in [9.17, 15) is 9.59 Å². The molecule has 4 aromatic rings. The molecule has 0 unspecified atom stereocenters. The van der Waals surface area contributed by atoms with Gasteiger partial charge >= 0.3 is 0 Å². The van der Waals surface area contributed by atoms with Crippen molar-refractivity contribution >= 4 is 34.2 Å². The molecule has 1 atom stereocenters. The van der Waals surface area contributed by atoms with Gasteiger partial charge in [0.2, 0.25) is 11.2 Å². The average Bonchev–Trinajstić information content (AvgIpc) is 2.78. The topological polar surface area (TPSA) is 68.5 Å². The molecule has 0 spiro atoms. The van der Waals surface area contributed by atoms with Gasteiger partial charge in [0, 0.05) is 16.3 Å². The van der Waals surface area contributed by atoms with Crippen molar-refractivity contribution in [2.75, 3.05) is 5.32 Å². The van der Waals surface area contributed by atoms with Crippen LogP contribution in [0.4, 0.5) is 5.69 Å². The number of ether oxygens (including phenoxy) is 1. The first-order valence-corrected chi connectivity index (χ1v) is 11.4. The van der Waals surface area contributed by atoms with Crippen LogP contribution in [0.15, 0.2) is 63.8 Å². The third-order valence-electron chi connectivity index (χ3n) is 5.71. The molecule has 0 fully saturated rings. The number of carbonyl (C=O) groups is 1. The maximum Gasteiger partial charge on any atom is 0.265 e. The standard InChI is InChI=1S/C28H26ClNO4/c1-15-6-8-20(9-7-15)26-27(25(31)22-14-21(29)10-11-23(22)34-26)33-19(5)28(32)30-24-17(3)12-16(2)13-18(24)4/h6-14,19H,1-5H3,(H,30,32)/t19-/m1/s1. The first-order valence-electron chi connectivity index (χ1n) is 11.0. The third kappa shape index (κ3) is 4.70. The Morgan fingerprint density at radius 3 is 2.24 bits per heavy atom. The monoisotopic (exact) mass is 475 g/mol. The van der Waals surface area contributed by atoms with Gasteiger partial charge in [-0.3, -0.25) is 9.59 Å². The normalized spacial score (nSPS) is 11.9. The van der Waals surface area contributed by atoms with Gasteiger partial charge in [-0.15, -0.1) is 0 Å². The molecule has 1 aromatic heterocycles. The summed E-state index contributed by atoms with van der Waals surface area (Å²) >= 11 is 6.12. The summed E-state index contributed by atoms with van der Waals surface area (Å²) in [5, 5.41) is 3.64. The van der Waals surface area contributed by atoms with E-state index in [-0.39, 0.29) is 28.2 Å². The van der Waals surface area contributed by atoms with Crippen LogP contribution in [-0.2, 0) is 4.79 Å². The Balaban J connectivity index is 1.74. The van der Waals surface area contributed by atoms with E-state index in [1.807, 2.05) is 64.1 Å². The average molecular weight is 476 g/mol. The molecule has 0 radical (unpaired) electrons. The third-order valence-corrected chi connectivity index (χ3v) is 5.95. The lowest BCUT2D eigenvalue weighted by molar-refractivity contribution is -0.122. The van der Waals surface area contributed by atoms with Crippen LogP contribution in [0.1, 0.15) is 29.2 Å². The van der Waals surface area contributed by atoms with Gasteiger partial charge in [-0.05, 0) is 63.9 Å². The summed E-state index contributed by atoms with van der Waals surface area (Å²) in [4.78, 5) is 26.5. The van der Waals surface area contributed by atoms with Crippen LogP contribution in [-0.4, -0.2) is 12.0 Å². The van der Waals surface area contributed by atoms with Gasteiger partial charge in [-0.2, -0.15) is 0 Å². The Morgan fingerprint density at radius 2 is 1.59 bits per heavy atom. The fourth-order valence-corrected chi connectivity index (χ4v) is 4.16. The van der Waals surface area contributed by atoms with E-state index in [4.69, 9.17) is 20.8 Å². The quantitative estimate of drug-likeness (QED) is 0.346. The minimum absolute atomic E-state index is 0.0291. The molecule has 34 heavy (non-hydrogen) atoms. The number of anilines is 1. The van der Waals surface area contributed by atoms with Crippen LogP contribution in [0, 0.1) is 27.7 Å². The fraction of sp³-hybridized carbons (Fsp3) is 0.214. The number of nitrogens with one attached hydrogen (secondary N) is 1. The van der Waals surface area contributed by atoms with Crippen LogP contribution in [0.25, 0.3) is 22.3 Å². The number of halogens is 1. The highest BCUT2D eigenvalue weighted by Gasteiger charge is 2.24. The van der Waals surface area contributed by atoms with Gasteiger partial charge in [0.25, 0.3) is 5.91 Å². The molecule has 3 aromatic carbocycles. The summed E-state index contributed by atoms with van der Waals surface area (Å²) < 4.78 is 12.1.